The first-order valence-corrected chi connectivity index (χ1v) is 8.38. The predicted molar refractivity (Wildman–Crippen MR) is 96.5 cm³/mol. The van der Waals surface area contributed by atoms with Crippen LogP contribution in [0.2, 0.25) is 0 Å². The lowest BCUT2D eigenvalue weighted by atomic mass is 10.1. The Balaban J connectivity index is 1.74. The molecule has 1 aromatic carbocycles. The van der Waals surface area contributed by atoms with Gasteiger partial charge in [0.15, 0.2) is 5.01 Å². The van der Waals surface area contributed by atoms with Gasteiger partial charge in [-0.3, -0.25) is 9.59 Å². The molecule has 0 radical (unpaired) electrons. The Bertz CT molecular complexity index is 926. The second-order valence-corrected chi connectivity index (χ2v) is 6.22. The molecule has 120 valence electrons. The number of ketones is 1. The largest absolute Gasteiger partial charge is 0.307 e. The Kier molecular flexibility index (Phi) is 4.82. The maximum atomic E-state index is 12.4. The standard InChI is InChI=1S/C19H16N2O2S/c1-2-14-8-9-18(23)21(11-14)12-17(22)19-20-16(13-24-19)10-15-6-4-3-5-7-15/h2-9,11,13H,1,10,12H2. The van der Waals surface area contributed by atoms with Gasteiger partial charge in [-0.05, 0) is 17.2 Å². The van der Waals surface area contributed by atoms with Gasteiger partial charge < -0.3 is 4.57 Å². The second kappa shape index (κ2) is 7.19. The van der Waals surface area contributed by atoms with Crippen LogP contribution in [0.3, 0.4) is 0 Å². The zero-order valence-electron chi connectivity index (χ0n) is 13.0. The summed E-state index contributed by atoms with van der Waals surface area (Å²) in [6.45, 7) is 3.66. The molecule has 0 aliphatic heterocycles. The van der Waals surface area contributed by atoms with Crippen molar-refractivity contribution in [1.29, 1.82) is 0 Å². The van der Waals surface area contributed by atoms with E-state index >= 15 is 0 Å². The van der Waals surface area contributed by atoms with E-state index in [0.717, 1.165) is 16.8 Å². The van der Waals surface area contributed by atoms with Crippen molar-refractivity contribution in [2.75, 3.05) is 0 Å². The first kappa shape index (κ1) is 16.1. The molecular formula is C19H16N2O2S. The molecule has 0 fully saturated rings. The molecule has 0 aliphatic rings. The molecule has 0 unspecified atom stereocenters. The van der Waals surface area contributed by atoms with Crippen LogP contribution in [0.25, 0.3) is 6.08 Å². The molecule has 24 heavy (non-hydrogen) atoms. The third-order valence-electron chi connectivity index (χ3n) is 3.57. The zero-order valence-corrected chi connectivity index (χ0v) is 13.8. The molecule has 0 saturated heterocycles. The highest BCUT2D eigenvalue weighted by atomic mass is 32.1. The quantitative estimate of drug-likeness (QED) is 0.648. The molecule has 2 aromatic heterocycles. The van der Waals surface area contributed by atoms with E-state index in [-0.39, 0.29) is 17.9 Å². The molecule has 0 bridgehead atoms. The van der Waals surface area contributed by atoms with Gasteiger partial charge in [0.25, 0.3) is 5.56 Å². The summed E-state index contributed by atoms with van der Waals surface area (Å²) in [5, 5.41) is 2.32. The maximum Gasteiger partial charge on any atom is 0.250 e. The lowest BCUT2D eigenvalue weighted by Gasteiger charge is -2.04. The Hall–Kier alpha value is -2.79. The maximum absolute atomic E-state index is 12.4. The minimum Gasteiger partial charge on any atom is -0.307 e. The molecule has 3 rings (SSSR count). The molecule has 0 atom stereocenters. The van der Waals surface area contributed by atoms with Crippen molar-refractivity contribution >= 4 is 23.2 Å². The number of Topliss-reactive ketones (excluding diaryl/α,β-unsaturated/α-hetero) is 1. The van der Waals surface area contributed by atoms with Gasteiger partial charge >= 0.3 is 0 Å². The van der Waals surface area contributed by atoms with E-state index in [1.54, 1.807) is 18.3 Å². The highest BCUT2D eigenvalue weighted by Gasteiger charge is 2.13. The highest BCUT2D eigenvalue weighted by Crippen LogP contribution is 2.15. The van der Waals surface area contributed by atoms with Gasteiger partial charge in [0.1, 0.15) is 0 Å². The Morgan fingerprint density at radius 3 is 2.75 bits per heavy atom. The number of hydrogen-bond acceptors (Lipinski definition) is 4. The van der Waals surface area contributed by atoms with E-state index in [0.29, 0.717) is 11.4 Å². The van der Waals surface area contributed by atoms with Gasteiger partial charge in [-0.1, -0.05) is 43.0 Å². The van der Waals surface area contributed by atoms with Gasteiger partial charge in [0, 0.05) is 24.1 Å². The molecule has 0 saturated carbocycles. The Labute approximate surface area is 143 Å². The Morgan fingerprint density at radius 2 is 2.00 bits per heavy atom. The van der Waals surface area contributed by atoms with Crippen LogP contribution in [-0.2, 0) is 13.0 Å². The average molecular weight is 336 g/mol. The summed E-state index contributed by atoms with van der Waals surface area (Å²) in [6.07, 6.45) is 3.96. The third kappa shape index (κ3) is 3.75. The fourth-order valence-corrected chi connectivity index (χ4v) is 3.09. The summed E-state index contributed by atoms with van der Waals surface area (Å²) >= 11 is 1.32. The summed E-state index contributed by atoms with van der Waals surface area (Å²) in [5.74, 6) is -0.164. The molecule has 2 heterocycles. The number of aromatic nitrogens is 2. The minimum atomic E-state index is -0.213. The van der Waals surface area contributed by atoms with Crippen molar-refractivity contribution in [3.05, 3.63) is 92.8 Å². The van der Waals surface area contributed by atoms with Gasteiger partial charge in [-0.15, -0.1) is 11.3 Å². The monoisotopic (exact) mass is 336 g/mol. The molecular weight excluding hydrogens is 320 g/mol. The number of thiazole rings is 1. The summed E-state index contributed by atoms with van der Waals surface area (Å²) in [6, 6.07) is 13.1. The van der Waals surface area contributed by atoms with E-state index < -0.39 is 0 Å². The van der Waals surface area contributed by atoms with Crippen molar-refractivity contribution in [1.82, 2.24) is 9.55 Å². The molecule has 0 spiro atoms. The number of pyridine rings is 1. The van der Waals surface area contributed by atoms with Crippen LogP contribution in [0.1, 0.15) is 26.6 Å². The van der Waals surface area contributed by atoms with Gasteiger partial charge in [0.05, 0.1) is 12.2 Å². The minimum absolute atomic E-state index is 0.0151. The highest BCUT2D eigenvalue weighted by molar-refractivity contribution is 7.11. The number of rotatable bonds is 6. The smallest absolute Gasteiger partial charge is 0.250 e. The molecule has 4 nitrogen and oxygen atoms in total. The molecule has 0 N–H and O–H groups in total. The van der Waals surface area contributed by atoms with Crippen LogP contribution in [0.5, 0.6) is 0 Å². The molecule has 0 aliphatic carbocycles. The van der Waals surface area contributed by atoms with Gasteiger partial charge in [-0.2, -0.15) is 0 Å². The fourth-order valence-electron chi connectivity index (χ4n) is 2.34. The zero-order chi connectivity index (χ0) is 16.9. The van der Waals surface area contributed by atoms with Crippen LogP contribution in [0.15, 0.2) is 65.4 Å². The molecule has 0 amide bonds. The van der Waals surface area contributed by atoms with Gasteiger partial charge in [-0.25, -0.2) is 4.98 Å². The van der Waals surface area contributed by atoms with E-state index in [4.69, 9.17) is 0 Å². The molecule has 3 aromatic rings. The van der Waals surface area contributed by atoms with Crippen LogP contribution in [0, 0.1) is 0 Å². The van der Waals surface area contributed by atoms with Crippen molar-refractivity contribution in [2.24, 2.45) is 0 Å². The van der Waals surface area contributed by atoms with Crippen LogP contribution in [0.4, 0.5) is 0 Å². The number of carbonyl (C=O) groups excluding carboxylic acids is 1. The van der Waals surface area contributed by atoms with Crippen molar-refractivity contribution in [2.45, 2.75) is 13.0 Å². The van der Waals surface area contributed by atoms with Crippen LogP contribution < -0.4 is 5.56 Å². The first-order valence-electron chi connectivity index (χ1n) is 7.50. The summed E-state index contributed by atoms with van der Waals surface area (Å²) in [7, 11) is 0. The SMILES string of the molecule is C=Cc1ccc(=O)n(CC(=O)c2nc(Cc3ccccc3)cs2)c1. The van der Waals surface area contributed by atoms with Gasteiger partial charge in [0.2, 0.25) is 5.78 Å². The topological polar surface area (TPSA) is 52.0 Å². The summed E-state index contributed by atoms with van der Waals surface area (Å²) in [5.41, 5.74) is 2.60. The van der Waals surface area contributed by atoms with E-state index in [1.807, 2.05) is 35.7 Å². The number of benzene rings is 1. The van der Waals surface area contributed by atoms with Crippen molar-refractivity contribution < 1.29 is 4.79 Å². The van der Waals surface area contributed by atoms with Crippen LogP contribution >= 0.6 is 11.3 Å². The third-order valence-corrected chi connectivity index (χ3v) is 4.51. The van der Waals surface area contributed by atoms with Crippen molar-refractivity contribution in [3.63, 3.8) is 0 Å². The number of nitrogens with zero attached hydrogens (tertiary/aromatic N) is 2. The normalized spacial score (nSPS) is 10.5. The fraction of sp³-hybridized carbons (Fsp3) is 0.105. The predicted octanol–water partition coefficient (Wildman–Crippen LogP) is 3.42. The number of carbonyl (C=O) groups is 1. The Morgan fingerprint density at radius 1 is 1.21 bits per heavy atom. The van der Waals surface area contributed by atoms with Crippen molar-refractivity contribution in [3.8, 4) is 0 Å². The first-order chi connectivity index (χ1) is 11.7. The van der Waals surface area contributed by atoms with E-state index in [2.05, 4.69) is 11.6 Å². The average Bonchev–Trinajstić information content (AvgIpc) is 3.06. The molecule has 5 heteroatoms. The summed E-state index contributed by atoms with van der Waals surface area (Å²) < 4.78 is 1.39. The van der Waals surface area contributed by atoms with E-state index in [1.165, 1.54) is 22.0 Å². The summed E-state index contributed by atoms with van der Waals surface area (Å²) in [4.78, 5) is 28.7. The van der Waals surface area contributed by atoms with E-state index in [9.17, 15) is 9.59 Å². The second-order valence-electron chi connectivity index (χ2n) is 5.36. The van der Waals surface area contributed by atoms with Crippen LogP contribution in [-0.4, -0.2) is 15.3 Å². The lowest BCUT2D eigenvalue weighted by Crippen LogP contribution is -2.23. The number of hydrogen-bond donors (Lipinski definition) is 0. The lowest BCUT2D eigenvalue weighted by molar-refractivity contribution is 0.0970.